The van der Waals surface area contributed by atoms with Gasteiger partial charge in [-0.2, -0.15) is 0 Å². The van der Waals surface area contributed by atoms with Crippen LogP contribution in [-0.2, 0) is 11.2 Å². The Morgan fingerprint density at radius 2 is 1.89 bits per heavy atom. The van der Waals surface area contributed by atoms with Crippen LogP contribution in [0.4, 0.5) is 0 Å². The Morgan fingerprint density at radius 1 is 1.32 bits per heavy atom. The van der Waals surface area contributed by atoms with Crippen molar-refractivity contribution in [3.63, 3.8) is 0 Å². The van der Waals surface area contributed by atoms with Crippen LogP contribution in [0.5, 0.6) is 0 Å². The molecule has 106 valence electrons. The predicted molar refractivity (Wildman–Crippen MR) is 81.6 cm³/mol. The van der Waals surface area contributed by atoms with E-state index in [2.05, 4.69) is 10.6 Å². The minimum absolute atomic E-state index is 0. The summed E-state index contributed by atoms with van der Waals surface area (Å²) in [5.41, 5.74) is 0.571. The van der Waals surface area contributed by atoms with Gasteiger partial charge in [0.05, 0.1) is 6.42 Å². The summed E-state index contributed by atoms with van der Waals surface area (Å²) in [5, 5.41) is 13.6. The van der Waals surface area contributed by atoms with Gasteiger partial charge < -0.3 is 5.32 Å². The lowest BCUT2D eigenvalue weighted by atomic mass is 10.1. The fourth-order valence-corrected chi connectivity index (χ4v) is 1.87. The Hall–Kier alpha value is -0.970. The van der Waals surface area contributed by atoms with Crippen molar-refractivity contribution in [2.75, 3.05) is 6.54 Å². The molecule has 0 radical (unpaired) electrons. The summed E-state index contributed by atoms with van der Waals surface area (Å²) in [6.07, 6.45) is 0.934. The second-order valence-corrected chi connectivity index (χ2v) is 4.54. The smallest absolute Gasteiger partial charge is 0.231 e. The summed E-state index contributed by atoms with van der Waals surface area (Å²) in [5.74, 6) is -0.330. The highest BCUT2D eigenvalue weighted by Crippen LogP contribution is 2.24. The SMILES string of the molecule is CCCNC(=N)NC(=O)Cc1c(Cl)cccc1Cl.Cl. The maximum absolute atomic E-state index is 11.7. The zero-order chi connectivity index (χ0) is 13.5. The molecule has 0 unspecified atom stereocenters. The van der Waals surface area contributed by atoms with E-state index >= 15 is 0 Å². The largest absolute Gasteiger partial charge is 0.356 e. The van der Waals surface area contributed by atoms with E-state index in [1.807, 2.05) is 6.92 Å². The third-order valence-electron chi connectivity index (χ3n) is 2.22. The molecule has 0 spiro atoms. The minimum atomic E-state index is -0.321. The van der Waals surface area contributed by atoms with Gasteiger partial charge in [0.25, 0.3) is 0 Å². The van der Waals surface area contributed by atoms with Gasteiger partial charge in [-0.1, -0.05) is 36.2 Å². The van der Waals surface area contributed by atoms with Crippen LogP contribution in [0.1, 0.15) is 18.9 Å². The van der Waals surface area contributed by atoms with E-state index < -0.39 is 0 Å². The van der Waals surface area contributed by atoms with Gasteiger partial charge in [-0.3, -0.25) is 15.5 Å². The van der Waals surface area contributed by atoms with Crippen LogP contribution in [0.3, 0.4) is 0 Å². The van der Waals surface area contributed by atoms with Crippen molar-refractivity contribution >= 4 is 47.5 Å². The number of carbonyl (C=O) groups excluding carboxylic acids is 1. The zero-order valence-corrected chi connectivity index (χ0v) is 12.8. The summed E-state index contributed by atoms with van der Waals surface area (Å²) < 4.78 is 0. The van der Waals surface area contributed by atoms with Gasteiger partial charge in [-0.05, 0) is 24.1 Å². The second-order valence-electron chi connectivity index (χ2n) is 3.73. The summed E-state index contributed by atoms with van der Waals surface area (Å²) in [7, 11) is 0. The highest BCUT2D eigenvalue weighted by atomic mass is 35.5. The van der Waals surface area contributed by atoms with E-state index in [-0.39, 0.29) is 30.7 Å². The van der Waals surface area contributed by atoms with Crippen molar-refractivity contribution in [2.45, 2.75) is 19.8 Å². The molecule has 4 nitrogen and oxygen atoms in total. The Morgan fingerprint density at radius 3 is 2.42 bits per heavy atom. The molecule has 0 bridgehead atoms. The van der Waals surface area contributed by atoms with Crippen molar-refractivity contribution in [1.82, 2.24) is 10.6 Å². The second kappa shape index (κ2) is 9.02. The number of nitrogens with one attached hydrogen (secondary N) is 3. The average molecular weight is 325 g/mol. The zero-order valence-electron chi connectivity index (χ0n) is 10.4. The topological polar surface area (TPSA) is 65.0 Å². The molecule has 1 aromatic rings. The molecule has 0 aromatic heterocycles. The Bertz CT molecular complexity index is 432. The Balaban J connectivity index is 0.00000324. The van der Waals surface area contributed by atoms with E-state index in [4.69, 9.17) is 28.6 Å². The number of amides is 1. The van der Waals surface area contributed by atoms with Crippen molar-refractivity contribution < 1.29 is 4.79 Å². The van der Waals surface area contributed by atoms with E-state index in [0.717, 1.165) is 6.42 Å². The standard InChI is InChI=1S/C12H15Cl2N3O.ClH/c1-2-6-16-12(15)17-11(18)7-8-9(13)4-3-5-10(8)14;/h3-5H,2,6-7H2,1H3,(H3,15,16,17,18);1H. The molecule has 0 fully saturated rings. The molecular formula is C12H16Cl3N3O. The normalized spacial score (nSPS) is 9.42. The minimum Gasteiger partial charge on any atom is -0.356 e. The summed E-state index contributed by atoms with van der Waals surface area (Å²) in [4.78, 5) is 11.7. The molecule has 3 N–H and O–H groups in total. The molecule has 19 heavy (non-hydrogen) atoms. The van der Waals surface area contributed by atoms with Crippen LogP contribution < -0.4 is 10.6 Å². The lowest BCUT2D eigenvalue weighted by molar-refractivity contribution is -0.119. The van der Waals surface area contributed by atoms with Crippen molar-refractivity contribution in [1.29, 1.82) is 5.41 Å². The molecule has 0 saturated heterocycles. The molecule has 1 amide bonds. The summed E-state index contributed by atoms with van der Waals surface area (Å²) in [6, 6.07) is 5.07. The molecule has 0 saturated carbocycles. The number of guanidine groups is 1. The van der Waals surface area contributed by atoms with Gasteiger partial charge in [-0.25, -0.2) is 0 Å². The first-order valence-electron chi connectivity index (χ1n) is 5.59. The molecule has 0 heterocycles. The first-order chi connectivity index (χ1) is 8.54. The van der Waals surface area contributed by atoms with E-state index in [9.17, 15) is 4.79 Å². The van der Waals surface area contributed by atoms with E-state index in [1.165, 1.54) is 0 Å². The first kappa shape index (κ1) is 18.0. The van der Waals surface area contributed by atoms with Crippen LogP contribution in [0, 0.1) is 5.41 Å². The molecule has 0 atom stereocenters. The number of carbonyl (C=O) groups is 1. The fraction of sp³-hybridized carbons (Fsp3) is 0.333. The van der Waals surface area contributed by atoms with Gasteiger partial charge >= 0.3 is 0 Å². The molecule has 1 aromatic carbocycles. The molecule has 0 aliphatic rings. The fourth-order valence-electron chi connectivity index (χ4n) is 1.34. The average Bonchev–Trinajstić information content (AvgIpc) is 2.31. The van der Waals surface area contributed by atoms with Crippen LogP contribution >= 0.6 is 35.6 Å². The third-order valence-corrected chi connectivity index (χ3v) is 2.92. The monoisotopic (exact) mass is 323 g/mol. The number of hydrogen-bond acceptors (Lipinski definition) is 2. The van der Waals surface area contributed by atoms with Gasteiger partial charge in [-0.15, -0.1) is 12.4 Å². The first-order valence-corrected chi connectivity index (χ1v) is 6.35. The summed E-state index contributed by atoms with van der Waals surface area (Å²) in [6.45, 7) is 2.62. The van der Waals surface area contributed by atoms with E-state index in [0.29, 0.717) is 22.2 Å². The van der Waals surface area contributed by atoms with Gasteiger partial charge in [0.1, 0.15) is 0 Å². The number of halogens is 3. The highest BCUT2D eigenvalue weighted by molar-refractivity contribution is 6.36. The third kappa shape index (κ3) is 6.14. The number of benzene rings is 1. The van der Waals surface area contributed by atoms with Gasteiger partial charge in [0.15, 0.2) is 5.96 Å². The maximum Gasteiger partial charge on any atom is 0.231 e. The lowest BCUT2D eigenvalue weighted by Gasteiger charge is -2.10. The van der Waals surface area contributed by atoms with Crippen LogP contribution in [0.15, 0.2) is 18.2 Å². The molecule has 0 aliphatic heterocycles. The number of hydrogen-bond donors (Lipinski definition) is 3. The highest BCUT2D eigenvalue weighted by Gasteiger charge is 2.11. The van der Waals surface area contributed by atoms with E-state index in [1.54, 1.807) is 18.2 Å². The molecule has 1 rings (SSSR count). The molecule has 0 aliphatic carbocycles. The Kier molecular flexibility index (Phi) is 8.56. The van der Waals surface area contributed by atoms with Crippen LogP contribution in [0.25, 0.3) is 0 Å². The van der Waals surface area contributed by atoms with Crippen LogP contribution in [-0.4, -0.2) is 18.4 Å². The van der Waals surface area contributed by atoms with Crippen LogP contribution in [0.2, 0.25) is 10.0 Å². The summed E-state index contributed by atoms with van der Waals surface area (Å²) >= 11 is 11.9. The van der Waals surface area contributed by atoms with Crippen molar-refractivity contribution in [3.8, 4) is 0 Å². The Labute approximate surface area is 128 Å². The lowest BCUT2D eigenvalue weighted by Crippen LogP contribution is -2.41. The quantitative estimate of drug-likeness (QED) is 0.589. The van der Waals surface area contributed by atoms with Crippen molar-refractivity contribution in [3.05, 3.63) is 33.8 Å². The van der Waals surface area contributed by atoms with Crippen molar-refractivity contribution in [2.24, 2.45) is 0 Å². The van der Waals surface area contributed by atoms with Gasteiger partial charge in [0.2, 0.25) is 5.91 Å². The molecular weight excluding hydrogens is 309 g/mol. The maximum atomic E-state index is 11.7. The van der Waals surface area contributed by atoms with Gasteiger partial charge in [0, 0.05) is 16.6 Å². The molecule has 7 heteroatoms. The number of rotatable bonds is 4. The predicted octanol–water partition coefficient (Wildman–Crippen LogP) is 3.01.